The van der Waals surface area contributed by atoms with Crippen LogP contribution in [0.5, 0.6) is 17.2 Å². The summed E-state index contributed by atoms with van der Waals surface area (Å²) in [5.74, 6) is 1.11. The largest absolute Gasteiger partial charge is 0.493 e. The number of ether oxygens (including phenoxy) is 3. The molecule has 0 fully saturated rings. The Labute approximate surface area is 144 Å². The Kier molecular flexibility index (Phi) is 8.79. The Hall–Kier alpha value is -1.66. The second-order valence-corrected chi connectivity index (χ2v) is 5.17. The molecular weight excluding hydrogens is 320 g/mol. The number of amides is 1. The van der Waals surface area contributed by atoms with Crippen molar-refractivity contribution < 1.29 is 19.0 Å². The fourth-order valence-corrected chi connectivity index (χ4v) is 2.07. The Morgan fingerprint density at radius 1 is 1.09 bits per heavy atom. The van der Waals surface area contributed by atoms with Gasteiger partial charge < -0.3 is 25.3 Å². The molecule has 7 heteroatoms. The van der Waals surface area contributed by atoms with Crippen LogP contribution in [0.2, 0.25) is 0 Å². The minimum Gasteiger partial charge on any atom is -0.493 e. The van der Waals surface area contributed by atoms with Gasteiger partial charge in [-0.15, -0.1) is 12.4 Å². The second kappa shape index (κ2) is 9.47. The Morgan fingerprint density at radius 3 is 1.91 bits per heavy atom. The van der Waals surface area contributed by atoms with E-state index in [0.29, 0.717) is 29.4 Å². The van der Waals surface area contributed by atoms with Gasteiger partial charge in [0.05, 0.1) is 21.3 Å². The topological polar surface area (TPSA) is 82.8 Å². The molecule has 1 aromatic carbocycles. The second-order valence-electron chi connectivity index (χ2n) is 5.17. The first-order valence-electron chi connectivity index (χ1n) is 7.31. The number of hydrogen-bond donors (Lipinski definition) is 2. The first-order valence-corrected chi connectivity index (χ1v) is 7.31. The van der Waals surface area contributed by atoms with Gasteiger partial charge in [0.15, 0.2) is 11.5 Å². The van der Waals surface area contributed by atoms with E-state index in [1.807, 2.05) is 13.8 Å². The van der Waals surface area contributed by atoms with Crippen LogP contribution in [0.3, 0.4) is 0 Å². The van der Waals surface area contributed by atoms with Gasteiger partial charge in [0.2, 0.25) is 5.75 Å². The minimum absolute atomic E-state index is 0. The van der Waals surface area contributed by atoms with Crippen molar-refractivity contribution in [2.75, 3.05) is 27.9 Å². The molecule has 0 heterocycles. The van der Waals surface area contributed by atoms with Crippen molar-refractivity contribution in [3.8, 4) is 17.2 Å². The standard InChI is InChI=1S/C16H26N2O4.ClH/c1-6-16(17,7-2)10-18-15(19)11-8-12(20-3)14(22-5)13(9-11)21-4;/h8-9H,6-7,10,17H2,1-5H3,(H,18,19);1H. The van der Waals surface area contributed by atoms with Crippen LogP contribution in [-0.4, -0.2) is 39.3 Å². The number of benzene rings is 1. The van der Waals surface area contributed by atoms with E-state index in [-0.39, 0.29) is 18.3 Å². The maximum Gasteiger partial charge on any atom is 0.251 e. The summed E-state index contributed by atoms with van der Waals surface area (Å²) in [6.45, 7) is 4.43. The summed E-state index contributed by atoms with van der Waals surface area (Å²) in [5, 5.41) is 2.87. The molecule has 1 amide bonds. The van der Waals surface area contributed by atoms with Crippen LogP contribution in [0.1, 0.15) is 37.0 Å². The van der Waals surface area contributed by atoms with Crippen molar-refractivity contribution in [3.63, 3.8) is 0 Å². The Bertz CT molecular complexity index is 494. The molecule has 23 heavy (non-hydrogen) atoms. The zero-order valence-electron chi connectivity index (χ0n) is 14.4. The van der Waals surface area contributed by atoms with Gasteiger partial charge in [0, 0.05) is 17.6 Å². The number of carbonyl (C=O) groups is 1. The van der Waals surface area contributed by atoms with E-state index >= 15 is 0 Å². The molecule has 0 unspecified atom stereocenters. The summed E-state index contributed by atoms with van der Waals surface area (Å²) in [7, 11) is 4.54. The third-order valence-corrected chi connectivity index (χ3v) is 3.94. The third-order valence-electron chi connectivity index (χ3n) is 3.94. The molecule has 0 spiro atoms. The number of hydrogen-bond acceptors (Lipinski definition) is 5. The quantitative estimate of drug-likeness (QED) is 0.755. The Morgan fingerprint density at radius 2 is 1.57 bits per heavy atom. The molecule has 0 saturated heterocycles. The number of halogens is 1. The van der Waals surface area contributed by atoms with E-state index in [2.05, 4.69) is 5.32 Å². The van der Waals surface area contributed by atoms with Crippen molar-refractivity contribution >= 4 is 18.3 Å². The molecule has 1 rings (SSSR count). The molecule has 0 aromatic heterocycles. The summed E-state index contributed by atoms with van der Waals surface area (Å²) < 4.78 is 15.7. The highest BCUT2D eigenvalue weighted by Crippen LogP contribution is 2.38. The van der Waals surface area contributed by atoms with Crippen molar-refractivity contribution in [3.05, 3.63) is 17.7 Å². The van der Waals surface area contributed by atoms with Crippen LogP contribution >= 0.6 is 12.4 Å². The van der Waals surface area contributed by atoms with Crippen LogP contribution in [-0.2, 0) is 0 Å². The first-order chi connectivity index (χ1) is 10.4. The van der Waals surface area contributed by atoms with Crippen LogP contribution < -0.4 is 25.3 Å². The number of nitrogens with two attached hydrogens (primary N) is 1. The summed E-state index contributed by atoms with van der Waals surface area (Å²) in [4.78, 5) is 12.3. The number of rotatable bonds is 8. The third kappa shape index (κ3) is 5.18. The minimum atomic E-state index is -0.393. The fourth-order valence-electron chi connectivity index (χ4n) is 2.07. The van der Waals surface area contributed by atoms with E-state index in [4.69, 9.17) is 19.9 Å². The van der Waals surface area contributed by atoms with Gasteiger partial charge in [0.25, 0.3) is 5.91 Å². The molecule has 1 aromatic rings. The SMILES string of the molecule is CCC(N)(CC)CNC(=O)c1cc(OC)c(OC)c(OC)c1.Cl. The van der Waals surface area contributed by atoms with Crippen LogP contribution in [0, 0.1) is 0 Å². The van der Waals surface area contributed by atoms with Gasteiger partial charge in [-0.2, -0.15) is 0 Å². The van der Waals surface area contributed by atoms with Gasteiger partial charge in [-0.3, -0.25) is 4.79 Å². The van der Waals surface area contributed by atoms with Crippen LogP contribution in [0.4, 0.5) is 0 Å². The van der Waals surface area contributed by atoms with Crippen LogP contribution in [0.25, 0.3) is 0 Å². The van der Waals surface area contributed by atoms with E-state index < -0.39 is 5.54 Å². The average molecular weight is 347 g/mol. The highest BCUT2D eigenvalue weighted by molar-refractivity contribution is 5.95. The lowest BCUT2D eigenvalue weighted by Crippen LogP contribution is -2.49. The molecular formula is C16H27ClN2O4. The summed E-state index contributed by atoms with van der Waals surface area (Å²) in [5.41, 5.74) is 6.24. The van der Waals surface area contributed by atoms with Gasteiger partial charge >= 0.3 is 0 Å². The molecule has 0 bridgehead atoms. The Balaban J connectivity index is 0.00000484. The molecule has 0 radical (unpaired) electrons. The van der Waals surface area contributed by atoms with Gasteiger partial charge in [-0.1, -0.05) is 13.8 Å². The maximum absolute atomic E-state index is 12.3. The smallest absolute Gasteiger partial charge is 0.251 e. The van der Waals surface area contributed by atoms with Crippen molar-refractivity contribution in [2.24, 2.45) is 5.73 Å². The van der Waals surface area contributed by atoms with Gasteiger partial charge in [0.1, 0.15) is 0 Å². The maximum atomic E-state index is 12.3. The predicted molar refractivity (Wildman–Crippen MR) is 93.2 cm³/mol. The average Bonchev–Trinajstić information content (AvgIpc) is 2.57. The van der Waals surface area contributed by atoms with E-state index in [9.17, 15) is 4.79 Å². The van der Waals surface area contributed by atoms with E-state index in [0.717, 1.165) is 12.8 Å². The van der Waals surface area contributed by atoms with E-state index in [1.165, 1.54) is 21.3 Å². The molecule has 0 aliphatic carbocycles. The summed E-state index contributed by atoms with van der Waals surface area (Å²) >= 11 is 0. The molecule has 6 nitrogen and oxygen atoms in total. The zero-order chi connectivity index (χ0) is 16.8. The monoisotopic (exact) mass is 346 g/mol. The van der Waals surface area contributed by atoms with Gasteiger partial charge in [-0.25, -0.2) is 0 Å². The molecule has 3 N–H and O–H groups in total. The van der Waals surface area contributed by atoms with Crippen molar-refractivity contribution in [2.45, 2.75) is 32.2 Å². The summed E-state index contributed by atoms with van der Waals surface area (Å²) in [6.07, 6.45) is 1.58. The van der Waals surface area contributed by atoms with Crippen LogP contribution in [0.15, 0.2) is 12.1 Å². The van der Waals surface area contributed by atoms with Crippen molar-refractivity contribution in [1.82, 2.24) is 5.32 Å². The zero-order valence-corrected chi connectivity index (χ0v) is 15.2. The molecule has 132 valence electrons. The lowest BCUT2D eigenvalue weighted by molar-refractivity contribution is 0.0941. The highest BCUT2D eigenvalue weighted by atomic mass is 35.5. The predicted octanol–water partition coefficient (Wildman–Crippen LogP) is 2.38. The lowest BCUT2D eigenvalue weighted by Gasteiger charge is -2.26. The fraction of sp³-hybridized carbons (Fsp3) is 0.562. The first kappa shape index (κ1) is 21.3. The highest BCUT2D eigenvalue weighted by Gasteiger charge is 2.22. The molecule has 0 atom stereocenters. The number of methoxy groups -OCH3 is 3. The number of carbonyl (C=O) groups excluding carboxylic acids is 1. The molecule has 0 aliphatic heterocycles. The van der Waals surface area contributed by atoms with E-state index in [1.54, 1.807) is 12.1 Å². The van der Waals surface area contributed by atoms with Gasteiger partial charge in [-0.05, 0) is 25.0 Å². The number of nitrogens with one attached hydrogen (secondary N) is 1. The lowest BCUT2D eigenvalue weighted by atomic mass is 9.94. The summed E-state index contributed by atoms with van der Waals surface area (Å²) in [6, 6.07) is 3.24. The molecule has 0 aliphatic rings. The van der Waals surface area contributed by atoms with Crippen molar-refractivity contribution in [1.29, 1.82) is 0 Å². The molecule has 0 saturated carbocycles. The normalized spacial score (nSPS) is 10.5.